The maximum absolute atomic E-state index is 11.2. The van der Waals surface area contributed by atoms with Crippen molar-refractivity contribution < 1.29 is 14.3 Å². The van der Waals surface area contributed by atoms with E-state index in [4.69, 9.17) is 16.3 Å². The lowest BCUT2D eigenvalue weighted by molar-refractivity contribution is 0.186. The molecule has 118 valence electrons. The monoisotopic (exact) mass is 395 g/mol. The van der Waals surface area contributed by atoms with Gasteiger partial charge in [0.15, 0.2) is 0 Å². The highest BCUT2D eigenvalue weighted by molar-refractivity contribution is 9.10. The highest BCUT2D eigenvalue weighted by Crippen LogP contribution is 2.33. The fourth-order valence-corrected chi connectivity index (χ4v) is 2.39. The molecule has 1 amide bonds. The number of halogens is 2. The summed E-state index contributed by atoms with van der Waals surface area (Å²) >= 11 is 9.60. The number of nitrogens with zero attached hydrogens (tertiary/aromatic N) is 1. The minimum atomic E-state index is -0.610. The number of aromatic nitrogens is 2. The lowest BCUT2D eigenvalue weighted by atomic mass is 10.3. The normalized spacial score (nSPS) is 10.6. The Labute approximate surface area is 144 Å². The molecule has 0 aliphatic heterocycles. The van der Waals surface area contributed by atoms with Gasteiger partial charge in [-0.25, -0.2) is 9.78 Å². The molecule has 2 aromatic carbocycles. The van der Waals surface area contributed by atoms with Crippen LogP contribution in [0.2, 0.25) is 5.02 Å². The number of H-pyrrole nitrogens is 1. The Morgan fingerprint density at radius 3 is 2.74 bits per heavy atom. The highest BCUT2D eigenvalue weighted by Gasteiger charge is 2.11. The summed E-state index contributed by atoms with van der Waals surface area (Å²) in [7, 11) is 1.28. The van der Waals surface area contributed by atoms with E-state index in [0.717, 1.165) is 4.47 Å². The average molecular weight is 397 g/mol. The minimum Gasteiger partial charge on any atom is -0.456 e. The van der Waals surface area contributed by atoms with Crippen molar-refractivity contribution in [3.05, 3.63) is 45.9 Å². The number of carbonyl (C=O) groups excluding carboxylic acids is 1. The molecule has 1 heterocycles. The summed E-state index contributed by atoms with van der Waals surface area (Å²) in [5.41, 5.74) is 1.28. The first kappa shape index (κ1) is 15.6. The number of methoxy groups -OCH3 is 1. The highest BCUT2D eigenvalue weighted by atomic mass is 79.9. The summed E-state index contributed by atoms with van der Waals surface area (Å²) in [4.78, 5) is 18.4. The molecule has 0 aliphatic carbocycles. The van der Waals surface area contributed by atoms with Crippen molar-refractivity contribution >= 4 is 50.6 Å². The third-order valence-corrected chi connectivity index (χ3v) is 3.81. The number of anilines is 1. The van der Waals surface area contributed by atoms with Crippen LogP contribution in [0.25, 0.3) is 11.0 Å². The van der Waals surface area contributed by atoms with E-state index < -0.39 is 6.09 Å². The van der Waals surface area contributed by atoms with Crippen LogP contribution in [-0.2, 0) is 4.74 Å². The molecule has 0 spiro atoms. The summed E-state index contributed by atoms with van der Waals surface area (Å²) < 4.78 is 11.2. The van der Waals surface area contributed by atoms with Crippen LogP contribution < -0.4 is 10.1 Å². The van der Waals surface area contributed by atoms with Crippen LogP contribution >= 0.6 is 27.5 Å². The molecule has 0 saturated heterocycles. The van der Waals surface area contributed by atoms with E-state index >= 15 is 0 Å². The van der Waals surface area contributed by atoms with Crippen LogP contribution in [0.3, 0.4) is 0 Å². The van der Waals surface area contributed by atoms with Gasteiger partial charge >= 0.3 is 6.09 Å². The topological polar surface area (TPSA) is 76.2 Å². The molecular weight excluding hydrogens is 386 g/mol. The Kier molecular flexibility index (Phi) is 4.40. The molecule has 0 aliphatic rings. The first-order valence-corrected chi connectivity index (χ1v) is 7.70. The van der Waals surface area contributed by atoms with Gasteiger partial charge in [-0.05, 0) is 30.3 Å². The van der Waals surface area contributed by atoms with Gasteiger partial charge in [0, 0.05) is 10.5 Å². The number of ether oxygens (including phenoxy) is 2. The maximum atomic E-state index is 11.2. The smallest absolute Gasteiger partial charge is 0.413 e. The van der Waals surface area contributed by atoms with Crippen molar-refractivity contribution in [2.45, 2.75) is 0 Å². The second-order valence-electron chi connectivity index (χ2n) is 4.56. The summed E-state index contributed by atoms with van der Waals surface area (Å²) in [6.45, 7) is 0. The zero-order valence-corrected chi connectivity index (χ0v) is 14.2. The van der Waals surface area contributed by atoms with E-state index in [9.17, 15) is 4.79 Å². The van der Waals surface area contributed by atoms with Gasteiger partial charge in [0.05, 0.1) is 23.2 Å². The third kappa shape index (κ3) is 3.57. The number of fused-ring (bicyclic) bond motifs is 1. The van der Waals surface area contributed by atoms with Crippen LogP contribution in [0.4, 0.5) is 10.7 Å². The zero-order chi connectivity index (χ0) is 16.4. The summed E-state index contributed by atoms with van der Waals surface area (Å²) in [5, 5.41) is 2.88. The average Bonchev–Trinajstić information content (AvgIpc) is 2.90. The molecule has 0 radical (unpaired) electrons. The van der Waals surface area contributed by atoms with Crippen LogP contribution in [0.15, 0.2) is 40.9 Å². The number of imidazole rings is 1. The lowest BCUT2D eigenvalue weighted by Crippen LogP contribution is -2.11. The van der Waals surface area contributed by atoms with E-state index in [2.05, 4.69) is 36.0 Å². The second-order valence-corrected chi connectivity index (χ2v) is 5.88. The molecule has 8 heteroatoms. The Morgan fingerprint density at radius 2 is 2.04 bits per heavy atom. The third-order valence-electron chi connectivity index (χ3n) is 2.98. The molecular formula is C15H11BrClN3O3. The van der Waals surface area contributed by atoms with Gasteiger partial charge in [-0.1, -0.05) is 27.5 Å². The van der Waals surface area contributed by atoms with E-state index in [1.54, 1.807) is 12.1 Å². The van der Waals surface area contributed by atoms with Crippen LogP contribution in [0, 0.1) is 0 Å². The van der Waals surface area contributed by atoms with Gasteiger partial charge in [-0.2, -0.15) is 0 Å². The summed E-state index contributed by atoms with van der Waals surface area (Å²) in [6.07, 6.45) is -0.610. The maximum Gasteiger partial charge on any atom is 0.413 e. The predicted molar refractivity (Wildman–Crippen MR) is 91.3 cm³/mol. The Bertz CT molecular complexity index is 864. The predicted octanol–water partition coefficient (Wildman–Crippen LogP) is 4.95. The molecule has 2 N–H and O–H groups in total. The van der Waals surface area contributed by atoms with Crippen molar-refractivity contribution in [2.24, 2.45) is 0 Å². The molecule has 0 unspecified atom stereocenters. The first-order valence-electron chi connectivity index (χ1n) is 6.53. The molecule has 3 aromatic rings. The second kappa shape index (κ2) is 6.47. The van der Waals surface area contributed by atoms with Crippen LogP contribution in [0.1, 0.15) is 0 Å². The number of aromatic amines is 1. The van der Waals surface area contributed by atoms with Crippen molar-refractivity contribution in [1.82, 2.24) is 9.97 Å². The van der Waals surface area contributed by atoms with E-state index in [1.165, 1.54) is 7.11 Å². The Morgan fingerprint density at radius 1 is 1.30 bits per heavy atom. The quantitative estimate of drug-likeness (QED) is 0.657. The number of amides is 1. The number of hydrogen-bond acceptors (Lipinski definition) is 4. The lowest BCUT2D eigenvalue weighted by Gasteiger charge is -2.07. The molecule has 23 heavy (non-hydrogen) atoms. The van der Waals surface area contributed by atoms with Gasteiger partial charge in [0.1, 0.15) is 11.5 Å². The van der Waals surface area contributed by atoms with Crippen molar-refractivity contribution in [1.29, 1.82) is 0 Å². The summed E-state index contributed by atoms with van der Waals surface area (Å²) in [5.74, 6) is 1.39. The van der Waals surface area contributed by atoms with Gasteiger partial charge in [-0.3, -0.25) is 5.32 Å². The largest absolute Gasteiger partial charge is 0.456 e. The number of hydrogen-bond donors (Lipinski definition) is 2. The van der Waals surface area contributed by atoms with Gasteiger partial charge in [-0.15, -0.1) is 0 Å². The molecule has 0 saturated carbocycles. The summed E-state index contributed by atoms with van der Waals surface area (Å²) in [6, 6.07) is 10.8. The van der Waals surface area contributed by atoms with Gasteiger partial charge in [0.2, 0.25) is 5.95 Å². The van der Waals surface area contributed by atoms with E-state index in [1.807, 2.05) is 24.3 Å². The van der Waals surface area contributed by atoms with Gasteiger partial charge in [0.25, 0.3) is 0 Å². The van der Waals surface area contributed by atoms with Crippen LogP contribution in [-0.4, -0.2) is 23.2 Å². The number of nitrogens with one attached hydrogen (secondary N) is 2. The fraction of sp³-hybridized carbons (Fsp3) is 0.0667. The van der Waals surface area contributed by atoms with Gasteiger partial charge < -0.3 is 14.5 Å². The van der Waals surface area contributed by atoms with Crippen molar-refractivity contribution in [3.8, 4) is 11.5 Å². The molecule has 0 atom stereocenters. The van der Waals surface area contributed by atoms with Crippen LogP contribution in [0.5, 0.6) is 11.5 Å². The van der Waals surface area contributed by atoms with Crippen molar-refractivity contribution in [2.75, 3.05) is 12.4 Å². The molecule has 0 fully saturated rings. The Hall–Kier alpha value is -2.25. The first-order chi connectivity index (χ1) is 11.0. The van der Waals surface area contributed by atoms with Crippen molar-refractivity contribution in [3.63, 3.8) is 0 Å². The molecule has 6 nitrogen and oxygen atoms in total. The SMILES string of the molecule is COC(=O)Nc1nc2cc(Oc3ccc(Br)cc3)c(Cl)cc2[nH]1. The number of rotatable bonds is 3. The minimum absolute atomic E-state index is 0.267. The van der Waals surface area contributed by atoms with E-state index in [-0.39, 0.29) is 5.95 Å². The number of carbonyl (C=O) groups is 1. The number of benzene rings is 2. The van der Waals surface area contributed by atoms with E-state index in [0.29, 0.717) is 27.6 Å². The molecule has 3 rings (SSSR count). The molecule has 1 aromatic heterocycles. The fourth-order valence-electron chi connectivity index (χ4n) is 1.93. The standard InChI is InChI=1S/C15H11BrClN3O3/c1-22-15(21)20-14-18-11-6-10(17)13(7-12(11)19-14)23-9-4-2-8(16)3-5-9/h2-7H,1H3,(H2,18,19,20,21). The zero-order valence-electron chi connectivity index (χ0n) is 11.9. The molecule has 0 bridgehead atoms. The Balaban J connectivity index is 1.90.